The molecule has 1 unspecified atom stereocenters. The van der Waals surface area contributed by atoms with Gasteiger partial charge >= 0.3 is 215 Å². The van der Waals surface area contributed by atoms with Gasteiger partial charge in [-0.1, -0.05) is 12.1 Å². The van der Waals surface area contributed by atoms with Crippen LogP contribution in [-0.2, 0) is 109 Å². The van der Waals surface area contributed by atoms with E-state index in [-0.39, 0.29) is 63.1 Å². The summed E-state index contributed by atoms with van der Waals surface area (Å²) in [6.07, 6.45) is 4.29. The van der Waals surface area contributed by atoms with Crippen LogP contribution in [0.25, 0.3) is 6.08 Å². The van der Waals surface area contributed by atoms with Gasteiger partial charge in [-0.3, -0.25) is 0 Å². The Balaban J connectivity index is 0.00000289. The summed E-state index contributed by atoms with van der Waals surface area (Å²) in [6.45, 7) is 11.5. The van der Waals surface area contributed by atoms with E-state index in [4.69, 9.17) is 9.47 Å². The quantitative estimate of drug-likeness (QED) is 0.245. The van der Waals surface area contributed by atoms with Crippen molar-refractivity contribution in [1.29, 1.82) is 0 Å². The van der Waals surface area contributed by atoms with Gasteiger partial charge in [-0.25, -0.2) is 0 Å². The number of para-hydroxylation sites is 1. The monoisotopic (exact) mass is 1170 g/mol. The standard InChI is InChI=1S/C26H31N2O2.2Hf.2Hg/c1-9-27-18-16-22(29-7)19(23(17-18)30-8)14-15-24-26(5,25(2,3)4)20-12-10-11-13-21(20)28(24)6;;;;/h10-15,27H,1-8H3;;;;/q-1;;;;. The van der Waals surface area contributed by atoms with E-state index in [0.29, 0.717) is 63.7 Å². The first kappa shape index (κ1) is 32.9. The van der Waals surface area contributed by atoms with Crippen LogP contribution in [0.5, 0.6) is 11.5 Å². The van der Waals surface area contributed by atoms with Crippen molar-refractivity contribution in [2.24, 2.45) is 5.41 Å². The molecule has 0 aromatic heterocycles. The Hall–Kier alpha value is 0.860. The summed E-state index contributed by atoms with van der Waals surface area (Å²) >= 11 is 1.25. The van der Waals surface area contributed by atoms with Crippen LogP contribution >= 0.6 is 0 Å². The van der Waals surface area contributed by atoms with Crippen molar-refractivity contribution in [3.63, 3.8) is 0 Å². The van der Waals surface area contributed by atoms with E-state index in [1.54, 1.807) is 14.2 Å². The van der Waals surface area contributed by atoms with Crippen LogP contribution in [0.1, 0.15) is 45.7 Å². The maximum atomic E-state index is 5.73. The van der Waals surface area contributed by atoms with E-state index in [0.717, 1.165) is 11.3 Å². The van der Waals surface area contributed by atoms with Gasteiger partial charge in [0.25, 0.3) is 0 Å². The minimum atomic E-state index is -0.143. The number of hydrogen-bond donors (Lipinski definition) is 1. The van der Waals surface area contributed by atoms with Gasteiger partial charge in [0.05, 0.1) is 0 Å². The molecule has 0 aliphatic carbocycles. The van der Waals surface area contributed by atoms with Crippen molar-refractivity contribution >= 4 is 23.2 Å². The molecule has 1 heterocycles. The molecule has 1 N–H and O–H groups in total. The number of hydrogen-bond acceptors (Lipinski definition) is 3. The summed E-state index contributed by atoms with van der Waals surface area (Å²) in [6, 6.07) is 15.4. The molecule has 8 heteroatoms. The van der Waals surface area contributed by atoms with Crippen molar-refractivity contribution in [3.8, 4) is 11.5 Å². The molecule has 1 aliphatic rings. The first-order chi connectivity index (χ1) is 14.8. The number of benzene rings is 2. The van der Waals surface area contributed by atoms with Gasteiger partial charge in [-0.15, -0.1) is 0 Å². The van der Waals surface area contributed by atoms with Crippen LogP contribution in [-0.4, -0.2) is 32.1 Å². The van der Waals surface area contributed by atoms with Gasteiger partial charge in [0.15, 0.2) is 0 Å². The minimum Gasteiger partial charge on any atom is 0 e. The summed E-state index contributed by atoms with van der Waals surface area (Å²) in [5, 5.41) is 3.57. The fourth-order valence-electron chi connectivity index (χ4n) is 4.35. The molecule has 4 nitrogen and oxygen atoms in total. The van der Waals surface area contributed by atoms with Crippen LogP contribution in [0, 0.1) is 17.5 Å². The predicted octanol–water partition coefficient (Wildman–Crippen LogP) is 5.22. The SMILES string of the molecule is COc1[c-]c(N[C](C)([Hg])[Hg])[c-]c(OC)c1/C=C/C1=[N+](C)c2ccccc2C1(C)C(C)(C)C.[Hf].[Hf]. The zero-order valence-corrected chi connectivity index (χ0v) is 39.8. The van der Waals surface area contributed by atoms with Crippen LogP contribution < -0.4 is 14.8 Å². The molecule has 2 aromatic rings. The van der Waals surface area contributed by atoms with Crippen molar-refractivity contribution in [3.05, 3.63) is 53.6 Å². The van der Waals surface area contributed by atoms with E-state index in [1.807, 2.05) is 0 Å². The molecule has 170 valence electrons. The molecule has 1 atom stereocenters. The second kappa shape index (κ2) is 12.6. The number of nitrogens with one attached hydrogen (secondary N) is 1. The molecule has 0 bridgehead atoms. The summed E-state index contributed by atoms with van der Waals surface area (Å²) in [4.78, 5) is 0. The summed E-state index contributed by atoms with van der Waals surface area (Å²) in [5.74, 6) is 1.34. The molecular formula is C26H31Hf2Hg2N2O2-. The van der Waals surface area contributed by atoms with E-state index >= 15 is 0 Å². The molecule has 0 saturated carbocycles. The normalized spacial score (nSPS) is 17.8. The topological polar surface area (TPSA) is 33.5 Å². The van der Waals surface area contributed by atoms with Crippen molar-refractivity contribution in [1.82, 2.24) is 0 Å². The van der Waals surface area contributed by atoms with Gasteiger partial charge in [-0.05, 0) is 0 Å². The second-order valence-electron chi connectivity index (χ2n) is 9.96. The zero-order valence-electron chi connectivity index (χ0n) is 21.6. The van der Waals surface area contributed by atoms with Gasteiger partial charge in [0.1, 0.15) is 0 Å². The molecule has 34 heavy (non-hydrogen) atoms. The molecule has 1 aliphatic heterocycles. The first-order valence-corrected chi connectivity index (χ1v) is 16.3. The van der Waals surface area contributed by atoms with Crippen LogP contribution in [0.2, 0.25) is 0 Å². The number of ether oxygens (including phenoxy) is 2. The minimum absolute atomic E-state index is 0. The third-order valence-electron chi connectivity index (χ3n) is 6.39. The summed E-state index contributed by atoms with van der Waals surface area (Å²) < 4.78 is 14.0. The Morgan fingerprint density at radius 3 is 1.97 bits per heavy atom. The smallest absolute Gasteiger partial charge is 0 e. The Morgan fingerprint density at radius 2 is 1.50 bits per heavy atom. The van der Waals surface area contributed by atoms with Gasteiger partial charge in [0, 0.05) is 51.7 Å². The van der Waals surface area contributed by atoms with Gasteiger partial charge < -0.3 is 0 Å². The van der Waals surface area contributed by atoms with E-state index < -0.39 is 0 Å². The van der Waals surface area contributed by atoms with Crippen molar-refractivity contribution in [2.75, 3.05) is 26.6 Å². The van der Waals surface area contributed by atoms with Gasteiger partial charge in [0.2, 0.25) is 0 Å². The Bertz CT molecular complexity index is 1060. The molecule has 2 aromatic carbocycles. The fourth-order valence-corrected chi connectivity index (χ4v) is 5.73. The van der Waals surface area contributed by atoms with Crippen molar-refractivity contribution < 1.29 is 118 Å². The molecule has 0 saturated heterocycles. The van der Waals surface area contributed by atoms with E-state index in [9.17, 15) is 0 Å². The Morgan fingerprint density at radius 1 is 0.971 bits per heavy atom. The Kier molecular flexibility index (Phi) is 12.2. The summed E-state index contributed by atoms with van der Waals surface area (Å²) in [7, 11) is 5.52. The summed E-state index contributed by atoms with van der Waals surface area (Å²) in [5.41, 5.74) is 5.41. The number of methoxy groups -OCH3 is 2. The third kappa shape index (κ3) is 6.64. The number of nitrogens with zero attached hydrogens (tertiary/aromatic N) is 1. The molecule has 0 amide bonds. The molecular weight excluding hydrogens is 1130 g/mol. The van der Waals surface area contributed by atoms with Crippen molar-refractivity contribution in [2.45, 2.75) is 40.6 Å². The predicted molar refractivity (Wildman–Crippen MR) is 122 cm³/mol. The average Bonchev–Trinajstić information content (AvgIpc) is 2.93. The molecule has 0 spiro atoms. The van der Waals surface area contributed by atoms with Crippen LogP contribution in [0.15, 0.2) is 30.3 Å². The molecule has 0 fully saturated rings. The average molecular weight is 1160 g/mol. The number of rotatable bonds is 6. The second-order valence-corrected chi connectivity index (χ2v) is 37.2. The zero-order chi connectivity index (χ0) is 23.9. The third-order valence-corrected chi connectivity index (χ3v) is 7.76. The maximum absolute atomic E-state index is 5.73. The molecule has 0 radical (unpaired) electrons. The fraction of sp³-hybridized carbons (Fsp3) is 0.423. The number of anilines is 1. The van der Waals surface area contributed by atoms with Crippen LogP contribution in [0.3, 0.4) is 0 Å². The Labute approximate surface area is 275 Å². The van der Waals surface area contributed by atoms with E-state index in [2.05, 4.69) is 100 Å². The van der Waals surface area contributed by atoms with E-state index in [1.165, 1.54) is 17.0 Å². The van der Waals surface area contributed by atoms with Crippen LogP contribution in [0.4, 0.5) is 11.4 Å². The first-order valence-electron chi connectivity index (χ1n) is 10.8. The number of fused-ring (bicyclic) bond motifs is 1. The molecule has 3 rings (SSSR count). The van der Waals surface area contributed by atoms with Gasteiger partial charge in [-0.2, -0.15) is 0 Å². The number of allylic oxidation sites excluding steroid dienone is 1.